The summed E-state index contributed by atoms with van der Waals surface area (Å²) in [6, 6.07) is 8.09. The molecule has 0 spiro atoms. The van der Waals surface area contributed by atoms with Gasteiger partial charge in [0, 0.05) is 25.9 Å². The summed E-state index contributed by atoms with van der Waals surface area (Å²) in [5, 5.41) is 2.91. The highest BCUT2D eigenvalue weighted by atomic mass is 16.2. The predicted molar refractivity (Wildman–Crippen MR) is 101 cm³/mol. The van der Waals surface area contributed by atoms with E-state index in [0.29, 0.717) is 43.9 Å². The molecule has 1 aliphatic heterocycles. The summed E-state index contributed by atoms with van der Waals surface area (Å²) in [4.78, 5) is 34.0. The number of fused-ring (bicyclic) bond motifs is 1. The van der Waals surface area contributed by atoms with E-state index in [4.69, 9.17) is 0 Å². The van der Waals surface area contributed by atoms with E-state index in [9.17, 15) is 9.59 Å². The van der Waals surface area contributed by atoms with Crippen LogP contribution in [-0.2, 0) is 19.4 Å². The second kappa shape index (κ2) is 8.17. The van der Waals surface area contributed by atoms with Gasteiger partial charge < -0.3 is 15.2 Å². The fourth-order valence-electron chi connectivity index (χ4n) is 3.23. The Balaban J connectivity index is 1.72. The molecule has 0 atom stereocenters. The van der Waals surface area contributed by atoms with Crippen LogP contribution in [0.1, 0.15) is 48.0 Å². The van der Waals surface area contributed by atoms with Crippen LogP contribution in [0.3, 0.4) is 0 Å². The van der Waals surface area contributed by atoms with E-state index in [1.54, 1.807) is 4.90 Å². The number of H-pyrrole nitrogens is 1. The molecular weight excluding hydrogens is 328 g/mol. The van der Waals surface area contributed by atoms with Crippen molar-refractivity contribution in [2.24, 2.45) is 0 Å². The standard InChI is InChI=1S/C20H26N4O2/c1-3-4-9-21-20(26)24-10-8-17-16(13-24)19(25)23-18(22-17)12-15-7-5-6-14(2)11-15/h5-7,11H,3-4,8-10,12-13H2,1-2H3,(H,21,26)(H,22,23,25). The number of hydrogen-bond acceptors (Lipinski definition) is 3. The number of urea groups is 1. The van der Waals surface area contributed by atoms with Crippen LogP contribution in [0.5, 0.6) is 0 Å². The average Bonchev–Trinajstić information content (AvgIpc) is 2.61. The van der Waals surface area contributed by atoms with Gasteiger partial charge in [-0.2, -0.15) is 0 Å². The minimum atomic E-state index is -0.135. The SMILES string of the molecule is CCCCNC(=O)N1CCc2nc(Cc3cccc(C)c3)[nH]c(=O)c2C1. The van der Waals surface area contributed by atoms with E-state index in [1.165, 1.54) is 5.56 Å². The van der Waals surface area contributed by atoms with Gasteiger partial charge in [0.05, 0.1) is 17.8 Å². The van der Waals surface area contributed by atoms with Gasteiger partial charge in [-0.15, -0.1) is 0 Å². The molecule has 0 fully saturated rings. The summed E-state index contributed by atoms with van der Waals surface area (Å²) in [7, 11) is 0. The average molecular weight is 354 g/mol. The molecule has 0 aliphatic carbocycles. The zero-order valence-corrected chi connectivity index (χ0v) is 15.5. The lowest BCUT2D eigenvalue weighted by atomic mass is 10.1. The predicted octanol–water partition coefficient (Wildman–Crippen LogP) is 2.54. The van der Waals surface area contributed by atoms with Crippen LogP contribution in [0, 0.1) is 6.92 Å². The summed E-state index contributed by atoms with van der Waals surface area (Å²) in [5.74, 6) is 0.681. The van der Waals surface area contributed by atoms with Crippen LogP contribution in [0.25, 0.3) is 0 Å². The van der Waals surface area contributed by atoms with Gasteiger partial charge in [-0.25, -0.2) is 9.78 Å². The van der Waals surface area contributed by atoms with Crippen LogP contribution < -0.4 is 10.9 Å². The van der Waals surface area contributed by atoms with Crippen molar-refractivity contribution in [2.45, 2.75) is 46.1 Å². The highest BCUT2D eigenvalue weighted by molar-refractivity contribution is 5.74. The molecule has 138 valence electrons. The molecule has 0 radical (unpaired) electrons. The Labute approximate surface area is 153 Å². The Kier molecular flexibility index (Phi) is 5.71. The fraction of sp³-hybridized carbons (Fsp3) is 0.450. The first-order valence-corrected chi connectivity index (χ1v) is 9.26. The second-order valence-corrected chi connectivity index (χ2v) is 6.86. The molecule has 3 rings (SSSR count). The van der Waals surface area contributed by atoms with Gasteiger partial charge >= 0.3 is 6.03 Å². The first kappa shape index (κ1) is 18.2. The topological polar surface area (TPSA) is 78.1 Å². The third-order valence-corrected chi connectivity index (χ3v) is 4.67. The van der Waals surface area contributed by atoms with Crippen LogP contribution >= 0.6 is 0 Å². The Morgan fingerprint density at radius 3 is 3.00 bits per heavy atom. The number of carbonyl (C=O) groups excluding carboxylic acids is 1. The summed E-state index contributed by atoms with van der Waals surface area (Å²) >= 11 is 0. The molecule has 1 aliphatic rings. The quantitative estimate of drug-likeness (QED) is 0.810. The maximum Gasteiger partial charge on any atom is 0.317 e. The normalized spacial score (nSPS) is 13.4. The van der Waals surface area contributed by atoms with Gasteiger partial charge in [0.1, 0.15) is 5.82 Å². The van der Waals surface area contributed by atoms with Gasteiger partial charge in [-0.1, -0.05) is 43.2 Å². The lowest BCUT2D eigenvalue weighted by molar-refractivity contribution is 0.191. The zero-order chi connectivity index (χ0) is 18.5. The number of hydrogen-bond donors (Lipinski definition) is 2. The van der Waals surface area contributed by atoms with E-state index < -0.39 is 0 Å². The smallest absolute Gasteiger partial charge is 0.317 e. The number of amides is 2. The number of aryl methyl sites for hydroxylation is 1. The fourth-order valence-corrected chi connectivity index (χ4v) is 3.23. The maximum absolute atomic E-state index is 12.5. The lowest BCUT2D eigenvalue weighted by Crippen LogP contribution is -2.45. The summed E-state index contributed by atoms with van der Waals surface area (Å²) in [6.45, 7) is 5.71. The number of nitrogens with zero attached hydrogens (tertiary/aromatic N) is 2. The summed E-state index contributed by atoms with van der Waals surface area (Å²) in [6.07, 6.45) is 3.21. The van der Waals surface area contributed by atoms with Gasteiger partial charge in [0.2, 0.25) is 0 Å². The maximum atomic E-state index is 12.5. The van der Waals surface area contributed by atoms with Gasteiger partial charge in [0.25, 0.3) is 5.56 Å². The number of nitrogens with one attached hydrogen (secondary N) is 2. The number of aromatic nitrogens is 2. The van der Waals surface area contributed by atoms with Gasteiger partial charge in [-0.3, -0.25) is 4.79 Å². The van der Waals surface area contributed by atoms with E-state index in [2.05, 4.69) is 28.3 Å². The molecule has 1 aromatic heterocycles. The zero-order valence-electron chi connectivity index (χ0n) is 15.5. The molecule has 0 saturated heterocycles. The molecular formula is C20H26N4O2. The first-order valence-electron chi connectivity index (χ1n) is 9.26. The Morgan fingerprint density at radius 2 is 2.23 bits per heavy atom. The molecule has 0 bridgehead atoms. The van der Waals surface area contributed by atoms with Crippen molar-refractivity contribution in [3.63, 3.8) is 0 Å². The van der Waals surface area contributed by atoms with Gasteiger partial charge in [0.15, 0.2) is 0 Å². The van der Waals surface area contributed by atoms with Crippen LogP contribution in [0.2, 0.25) is 0 Å². The summed E-state index contributed by atoms with van der Waals surface area (Å²) in [5.41, 5.74) is 3.60. The molecule has 0 saturated carbocycles. The largest absolute Gasteiger partial charge is 0.338 e. The van der Waals surface area contributed by atoms with Gasteiger partial charge in [-0.05, 0) is 18.9 Å². The van der Waals surface area contributed by atoms with Crippen molar-refractivity contribution in [3.8, 4) is 0 Å². The third kappa shape index (κ3) is 4.31. The molecule has 1 aromatic carbocycles. The minimum Gasteiger partial charge on any atom is -0.338 e. The molecule has 6 heteroatoms. The molecule has 2 amide bonds. The van der Waals surface area contributed by atoms with E-state index >= 15 is 0 Å². The van der Waals surface area contributed by atoms with Crippen LogP contribution in [0.4, 0.5) is 4.79 Å². The lowest BCUT2D eigenvalue weighted by Gasteiger charge is -2.28. The number of benzene rings is 1. The van der Waals surface area contributed by atoms with Crippen molar-refractivity contribution in [1.82, 2.24) is 20.2 Å². The Bertz CT molecular complexity index is 844. The van der Waals surface area contributed by atoms with E-state index in [1.807, 2.05) is 25.1 Å². The van der Waals surface area contributed by atoms with E-state index in [0.717, 1.165) is 24.1 Å². The Hall–Kier alpha value is -2.63. The number of rotatable bonds is 5. The molecule has 6 nitrogen and oxygen atoms in total. The van der Waals surface area contributed by atoms with Crippen molar-refractivity contribution in [2.75, 3.05) is 13.1 Å². The molecule has 26 heavy (non-hydrogen) atoms. The molecule has 0 unspecified atom stereocenters. The monoisotopic (exact) mass is 354 g/mol. The van der Waals surface area contributed by atoms with Crippen molar-refractivity contribution in [3.05, 3.63) is 62.8 Å². The highest BCUT2D eigenvalue weighted by Crippen LogP contribution is 2.15. The van der Waals surface area contributed by atoms with Crippen LogP contribution in [-0.4, -0.2) is 34.0 Å². The first-order chi connectivity index (χ1) is 12.6. The van der Waals surface area contributed by atoms with Crippen molar-refractivity contribution < 1.29 is 4.79 Å². The highest BCUT2D eigenvalue weighted by Gasteiger charge is 2.24. The minimum absolute atomic E-state index is 0.104. The molecule has 2 heterocycles. The molecule has 2 aromatic rings. The van der Waals surface area contributed by atoms with Crippen molar-refractivity contribution >= 4 is 6.03 Å². The van der Waals surface area contributed by atoms with Crippen molar-refractivity contribution in [1.29, 1.82) is 0 Å². The number of aromatic amines is 1. The van der Waals surface area contributed by atoms with E-state index in [-0.39, 0.29) is 11.6 Å². The van der Waals surface area contributed by atoms with Crippen LogP contribution in [0.15, 0.2) is 29.1 Å². The summed E-state index contributed by atoms with van der Waals surface area (Å²) < 4.78 is 0. The number of carbonyl (C=O) groups is 1. The Morgan fingerprint density at radius 1 is 1.38 bits per heavy atom. The number of unbranched alkanes of at least 4 members (excludes halogenated alkanes) is 1. The molecule has 2 N–H and O–H groups in total. The third-order valence-electron chi connectivity index (χ3n) is 4.67. The second-order valence-electron chi connectivity index (χ2n) is 6.86.